The summed E-state index contributed by atoms with van der Waals surface area (Å²) in [6.07, 6.45) is 12.8. The van der Waals surface area contributed by atoms with E-state index >= 15 is 0 Å². The molecule has 7 nitrogen and oxygen atoms in total. The van der Waals surface area contributed by atoms with Crippen LogP contribution in [0.15, 0.2) is 23.5 Å². The van der Waals surface area contributed by atoms with Gasteiger partial charge in [-0.05, 0) is 50.5 Å². The van der Waals surface area contributed by atoms with E-state index in [0.717, 1.165) is 55.6 Å². The van der Waals surface area contributed by atoms with Gasteiger partial charge >= 0.3 is 0 Å². The maximum atomic E-state index is 12.7. The Balaban J connectivity index is 1.34. The average molecular weight is 415 g/mol. The third-order valence-corrected chi connectivity index (χ3v) is 6.55. The number of aryl methyl sites for hydroxylation is 1. The molecule has 0 bridgehead atoms. The number of carbonyl (C=O) groups excluding carboxylic acids is 1. The van der Waals surface area contributed by atoms with E-state index < -0.39 is 0 Å². The molecule has 1 saturated carbocycles. The second-order valence-electron chi connectivity index (χ2n) is 7.84. The normalized spacial score (nSPS) is 17.2. The molecule has 0 atom stereocenters. The number of aromatic nitrogens is 4. The van der Waals surface area contributed by atoms with Crippen molar-refractivity contribution in [2.24, 2.45) is 0 Å². The molecule has 0 spiro atoms. The summed E-state index contributed by atoms with van der Waals surface area (Å²) in [5, 5.41) is 12.9. The lowest BCUT2D eigenvalue weighted by Gasteiger charge is -2.19. The minimum absolute atomic E-state index is 0.0398. The molecule has 4 rings (SSSR count). The molecule has 156 valence electrons. The molecule has 1 aliphatic carbocycles. The Bertz CT molecular complexity index is 826. The lowest BCUT2D eigenvalue weighted by Crippen LogP contribution is -2.29. The van der Waals surface area contributed by atoms with Gasteiger partial charge in [0.25, 0.3) is 5.91 Å². The quantitative estimate of drug-likeness (QED) is 0.526. The molecule has 1 saturated heterocycles. The van der Waals surface area contributed by atoms with Gasteiger partial charge in [-0.1, -0.05) is 24.6 Å². The molecule has 1 amide bonds. The topological polar surface area (TPSA) is 75.9 Å². The minimum Gasteiger partial charge on any atom is -0.356 e. The van der Waals surface area contributed by atoms with Gasteiger partial charge in [-0.2, -0.15) is 0 Å². The highest BCUT2D eigenvalue weighted by atomic mass is 32.2. The zero-order chi connectivity index (χ0) is 20.1. The van der Waals surface area contributed by atoms with E-state index in [-0.39, 0.29) is 5.91 Å². The number of pyridine rings is 1. The van der Waals surface area contributed by atoms with Gasteiger partial charge in [0.05, 0.1) is 5.56 Å². The number of anilines is 1. The summed E-state index contributed by atoms with van der Waals surface area (Å²) >= 11 is 1.67. The van der Waals surface area contributed by atoms with E-state index in [0.29, 0.717) is 18.2 Å². The number of hydrogen-bond acceptors (Lipinski definition) is 6. The van der Waals surface area contributed by atoms with Gasteiger partial charge in [-0.15, -0.1) is 10.2 Å². The zero-order valence-corrected chi connectivity index (χ0v) is 18.0. The number of thioether (sulfide) groups is 1. The maximum absolute atomic E-state index is 12.7. The number of carbonyl (C=O) groups is 1. The van der Waals surface area contributed by atoms with Crippen molar-refractivity contribution < 1.29 is 4.79 Å². The number of amides is 1. The first-order valence-electron chi connectivity index (χ1n) is 10.7. The third-order valence-electron chi connectivity index (χ3n) is 5.91. The van der Waals surface area contributed by atoms with Crippen LogP contribution in [0.4, 0.5) is 5.82 Å². The van der Waals surface area contributed by atoms with Crippen molar-refractivity contribution in [3.05, 3.63) is 29.7 Å². The smallest absolute Gasteiger partial charge is 0.255 e. The highest BCUT2D eigenvalue weighted by molar-refractivity contribution is 7.98. The highest BCUT2D eigenvalue weighted by Crippen LogP contribution is 2.33. The summed E-state index contributed by atoms with van der Waals surface area (Å²) in [5.74, 6) is 1.82. The predicted molar refractivity (Wildman–Crippen MR) is 116 cm³/mol. The Morgan fingerprint density at radius 2 is 2.00 bits per heavy atom. The molecule has 1 N–H and O–H groups in total. The van der Waals surface area contributed by atoms with Crippen LogP contribution in [0, 0.1) is 0 Å². The molecule has 8 heteroatoms. The fourth-order valence-electron chi connectivity index (χ4n) is 4.45. The molecule has 2 aromatic heterocycles. The Morgan fingerprint density at radius 1 is 1.21 bits per heavy atom. The van der Waals surface area contributed by atoms with E-state index in [1.165, 1.54) is 25.7 Å². The van der Waals surface area contributed by atoms with Crippen LogP contribution in [0.25, 0.3) is 0 Å². The molecule has 0 unspecified atom stereocenters. The van der Waals surface area contributed by atoms with Crippen molar-refractivity contribution in [3.63, 3.8) is 0 Å². The zero-order valence-electron chi connectivity index (χ0n) is 17.1. The molecule has 2 aliphatic rings. The monoisotopic (exact) mass is 414 g/mol. The molecule has 2 fully saturated rings. The summed E-state index contributed by atoms with van der Waals surface area (Å²) in [7, 11) is 0. The van der Waals surface area contributed by atoms with E-state index in [1.807, 2.05) is 12.1 Å². The van der Waals surface area contributed by atoms with Gasteiger partial charge in [0.2, 0.25) is 0 Å². The van der Waals surface area contributed by atoms with Crippen LogP contribution < -0.4 is 10.2 Å². The number of nitrogens with one attached hydrogen (secondary N) is 1. The highest BCUT2D eigenvalue weighted by Gasteiger charge is 2.24. The molecule has 2 aromatic rings. The van der Waals surface area contributed by atoms with Crippen LogP contribution in [0.1, 0.15) is 67.2 Å². The fourth-order valence-corrected chi connectivity index (χ4v) is 5.02. The van der Waals surface area contributed by atoms with E-state index in [1.54, 1.807) is 18.0 Å². The van der Waals surface area contributed by atoms with Gasteiger partial charge in [0, 0.05) is 38.3 Å². The summed E-state index contributed by atoms with van der Waals surface area (Å²) < 4.78 is 2.34. The van der Waals surface area contributed by atoms with E-state index in [4.69, 9.17) is 0 Å². The number of rotatable bonds is 8. The van der Waals surface area contributed by atoms with Crippen LogP contribution >= 0.6 is 11.8 Å². The first kappa shape index (κ1) is 20.2. The molecular formula is C21H30N6OS. The van der Waals surface area contributed by atoms with Gasteiger partial charge in [0.15, 0.2) is 5.16 Å². The second-order valence-corrected chi connectivity index (χ2v) is 8.61. The van der Waals surface area contributed by atoms with Crippen LogP contribution in [0.3, 0.4) is 0 Å². The van der Waals surface area contributed by atoms with Crippen molar-refractivity contribution in [3.8, 4) is 0 Å². The van der Waals surface area contributed by atoms with Gasteiger partial charge in [-0.25, -0.2) is 4.98 Å². The Labute approximate surface area is 176 Å². The first-order chi connectivity index (χ1) is 14.3. The molecule has 3 heterocycles. The third kappa shape index (κ3) is 4.57. The summed E-state index contributed by atoms with van der Waals surface area (Å²) in [5.41, 5.74) is 0.674. The fraction of sp³-hybridized carbons (Fsp3) is 0.619. The number of nitrogens with zero attached hydrogens (tertiary/aromatic N) is 5. The molecule has 0 radical (unpaired) electrons. The Kier molecular flexibility index (Phi) is 6.69. The molecule has 1 aliphatic heterocycles. The lowest BCUT2D eigenvalue weighted by molar-refractivity contribution is 0.0953. The predicted octanol–water partition coefficient (Wildman–Crippen LogP) is 3.47. The van der Waals surface area contributed by atoms with Gasteiger partial charge < -0.3 is 14.8 Å². The van der Waals surface area contributed by atoms with E-state index in [2.05, 4.69) is 36.2 Å². The van der Waals surface area contributed by atoms with Crippen molar-refractivity contribution in [1.29, 1.82) is 0 Å². The summed E-state index contributed by atoms with van der Waals surface area (Å²) in [4.78, 5) is 19.4. The van der Waals surface area contributed by atoms with Crippen LogP contribution in [-0.2, 0) is 6.42 Å². The lowest BCUT2D eigenvalue weighted by atomic mass is 10.2. The molecule has 29 heavy (non-hydrogen) atoms. The molecule has 0 aromatic carbocycles. The Hall–Kier alpha value is -2.09. The maximum Gasteiger partial charge on any atom is 0.255 e. The van der Waals surface area contributed by atoms with Gasteiger partial charge in [0.1, 0.15) is 11.6 Å². The first-order valence-corrected chi connectivity index (χ1v) is 12.0. The summed E-state index contributed by atoms with van der Waals surface area (Å²) in [6, 6.07) is 4.25. The largest absolute Gasteiger partial charge is 0.356 e. The van der Waals surface area contributed by atoms with Crippen molar-refractivity contribution in [2.45, 2.75) is 62.6 Å². The van der Waals surface area contributed by atoms with Gasteiger partial charge in [-0.3, -0.25) is 4.79 Å². The second kappa shape index (κ2) is 9.61. The van der Waals surface area contributed by atoms with Crippen LogP contribution in [-0.4, -0.2) is 51.5 Å². The standard InChI is InChI=1S/C21H30N6OS/c1-29-21-25-24-18(27(21)16-8-2-3-9-16)11-7-13-23-20(28)17-10-6-12-22-19(17)26-14-4-5-15-26/h6,10,12,16H,2-5,7-9,11,13-15H2,1H3,(H,23,28). The molecular weight excluding hydrogens is 384 g/mol. The van der Waals surface area contributed by atoms with E-state index in [9.17, 15) is 4.79 Å². The van der Waals surface area contributed by atoms with Crippen LogP contribution in [0.5, 0.6) is 0 Å². The SMILES string of the molecule is CSc1nnc(CCCNC(=O)c2cccnc2N2CCCC2)n1C1CCCC1. The average Bonchev–Trinajstić information content (AvgIpc) is 3.52. The minimum atomic E-state index is -0.0398. The summed E-state index contributed by atoms with van der Waals surface area (Å²) in [6.45, 7) is 2.58. The van der Waals surface area contributed by atoms with Crippen molar-refractivity contribution in [2.75, 3.05) is 30.8 Å². The van der Waals surface area contributed by atoms with Crippen LogP contribution in [0.2, 0.25) is 0 Å². The Morgan fingerprint density at radius 3 is 2.76 bits per heavy atom. The van der Waals surface area contributed by atoms with Crippen molar-refractivity contribution >= 4 is 23.5 Å². The van der Waals surface area contributed by atoms with Crippen molar-refractivity contribution in [1.82, 2.24) is 25.1 Å². The number of hydrogen-bond donors (Lipinski definition) is 1.